The Hall–Kier alpha value is -3.13. The molecule has 30 heavy (non-hydrogen) atoms. The van der Waals surface area contributed by atoms with E-state index in [1.165, 1.54) is 12.1 Å². The third-order valence-electron chi connectivity index (χ3n) is 4.90. The molecule has 0 unspecified atom stereocenters. The highest BCUT2D eigenvalue weighted by Gasteiger charge is 2.22. The fourth-order valence-electron chi connectivity index (χ4n) is 3.24. The molecule has 0 spiro atoms. The fraction of sp³-hybridized carbons (Fsp3) is 0.333. The van der Waals surface area contributed by atoms with Gasteiger partial charge in [0.25, 0.3) is 11.6 Å². The van der Waals surface area contributed by atoms with E-state index in [0.717, 1.165) is 30.9 Å². The third kappa shape index (κ3) is 5.48. The molecule has 2 aromatic rings. The second kappa shape index (κ2) is 10.1. The maximum atomic E-state index is 12.6. The Kier molecular flexibility index (Phi) is 7.24. The van der Waals surface area contributed by atoms with Crippen molar-refractivity contribution in [2.45, 2.75) is 25.8 Å². The molecule has 0 aromatic heterocycles. The minimum Gasteiger partial charge on any atom is -0.452 e. The third-order valence-corrected chi connectivity index (χ3v) is 5.27. The van der Waals surface area contributed by atoms with Gasteiger partial charge < -0.3 is 15.0 Å². The van der Waals surface area contributed by atoms with Crippen LogP contribution in [0.4, 0.5) is 11.4 Å². The zero-order valence-electron chi connectivity index (χ0n) is 16.3. The van der Waals surface area contributed by atoms with Gasteiger partial charge >= 0.3 is 5.97 Å². The molecule has 9 heteroatoms. The summed E-state index contributed by atoms with van der Waals surface area (Å²) >= 11 is 6.15. The number of nitro benzene ring substituents is 1. The SMILES string of the molecule is O=C(OCC(=O)N1CCCCC1)c1cc([N+](=O)[O-])ccc1NCc1ccccc1Cl. The van der Waals surface area contributed by atoms with Gasteiger partial charge in [0.05, 0.1) is 10.5 Å². The van der Waals surface area contributed by atoms with E-state index in [4.69, 9.17) is 16.3 Å². The van der Waals surface area contributed by atoms with Crippen LogP contribution in [0.15, 0.2) is 42.5 Å². The van der Waals surface area contributed by atoms with Crippen molar-refractivity contribution in [1.29, 1.82) is 0 Å². The molecule has 0 bridgehead atoms. The number of halogens is 1. The molecule has 0 aliphatic carbocycles. The summed E-state index contributed by atoms with van der Waals surface area (Å²) in [4.78, 5) is 37.1. The number of nitro groups is 1. The van der Waals surface area contributed by atoms with Gasteiger partial charge in [0.2, 0.25) is 0 Å². The molecule has 3 rings (SSSR count). The zero-order valence-corrected chi connectivity index (χ0v) is 17.1. The number of hydrogen-bond donors (Lipinski definition) is 1. The number of nitrogens with zero attached hydrogens (tertiary/aromatic N) is 2. The van der Waals surface area contributed by atoms with E-state index in [-0.39, 0.29) is 17.2 Å². The molecular weight excluding hydrogens is 410 g/mol. The first-order chi connectivity index (χ1) is 14.5. The number of carbonyl (C=O) groups is 2. The Bertz CT molecular complexity index is 944. The van der Waals surface area contributed by atoms with Crippen molar-refractivity contribution in [3.8, 4) is 0 Å². The van der Waals surface area contributed by atoms with Crippen LogP contribution >= 0.6 is 11.6 Å². The highest BCUT2D eigenvalue weighted by atomic mass is 35.5. The minimum absolute atomic E-state index is 0.0114. The molecule has 1 N–H and O–H groups in total. The Balaban J connectivity index is 1.72. The molecular formula is C21H22ClN3O5. The van der Waals surface area contributed by atoms with Crippen molar-refractivity contribution in [3.63, 3.8) is 0 Å². The molecule has 1 aliphatic heterocycles. The first-order valence-corrected chi connectivity index (χ1v) is 10.0. The molecule has 1 heterocycles. The number of amides is 1. The smallest absolute Gasteiger partial charge is 0.341 e. The van der Waals surface area contributed by atoms with E-state index >= 15 is 0 Å². The largest absolute Gasteiger partial charge is 0.452 e. The Morgan fingerprint density at radius 1 is 1.13 bits per heavy atom. The zero-order chi connectivity index (χ0) is 21.5. The minimum atomic E-state index is -0.800. The van der Waals surface area contributed by atoms with E-state index in [1.54, 1.807) is 17.0 Å². The predicted octanol–water partition coefficient (Wildman–Crippen LogP) is 4.03. The Morgan fingerprint density at radius 2 is 1.87 bits per heavy atom. The molecule has 158 valence electrons. The standard InChI is InChI=1S/C21H22ClN3O5/c22-18-7-3-2-6-15(18)13-23-19-9-8-16(25(28)29)12-17(19)21(27)30-14-20(26)24-10-4-1-5-11-24/h2-3,6-9,12,23H,1,4-5,10-11,13-14H2. The van der Waals surface area contributed by atoms with Crippen LogP contribution in [0.3, 0.4) is 0 Å². The van der Waals surface area contributed by atoms with Crippen molar-refractivity contribution < 1.29 is 19.2 Å². The lowest BCUT2D eigenvalue weighted by atomic mass is 10.1. The van der Waals surface area contributed by atoms with Crippen molar-refractivity contribution in [2.75, 3.05) is 25.0 Å². The number of likely N-dealkylation sites (tertiary alicyclic amines) is 1. The predicted molar refractivity (Wildman–Crippen MR) is 113 cm³/mol. The monoisotopic (exact) mass is 431 g/mol. The van der Waals surface area contributed by atoms with Crippen LogP contribution in [-0.4, -0.2) is 41.4 Å². The van der Waals surface area contributed by atoms with Crippen LogP contribution in [0.25, 0.3) is 0 Å². The lowest BCUT2D eigenvalue weighted by Gasteiger charge is -2.26. The van der Waals surface area contributed by atoms with Gasteiger partial charge in [-0.25, -0.2) is 4.79 Å². The van der Waals surface area contributed by atoms with Gasteiger partial charge in [0.15, 0.2) is 6.61 Å². The number of rotatable bonds is 7. The first kappa shape index (κ1) is 21.6. The number of ether oxygens (including phenoxy) is 1. The van der Waals surface area contributed by atoms with Crippen LogP contribution < -0.4 is 5.32 Å². The van der Waals surface area contributed by atoms with E-state index < -0.39 is 17.5 Å². The van der Waals surface area contributed by atoms with E-state index in [2.05, 4.69) is 5.32 Å². The van der Waals surface area contributed by atoms with E-state index in [1.807, 2.05) is 12.1 Å². The van der Waals surface area contributed by atoms with Crippen molar-refractivity contribution >= 4 is 34.9 Å². The summed E-state index contributed by atoms with van der Waals surface area (Å²) in [6.07, 6.45) is 2.94. The number of esters is 1. The molecule has 0 radical (unpaired) electrons. The van der Waals surface area contributed by atoms with Gasteiger partial charge in [0.1, 0.15) is 0 Å². The molecule has 1 fully saturated rings. The summed E-state index contributed by atoms with van der Waals surface area (Å²) in [6.45, 7) is 1.21. The molecule has 0 saturated carbocycles. The summed E-state index contributed by atoms with van der Waals surface area (Å²) in [7, 11) is 0. The quantitative estimate of drug-likeness (QED) is 0.403. The highest BCUT2D eigenvalue weighted by Crippen LogP contribution is 2.25. The summed E-state index contributed by atoms with van der Waals surface area (Å²) in [5.74, 6) is -1.07. The Morgan fingerprint density at radius 3 is 2.57 bits per heavy atom. The summed E-state index contributed by atoms with van der Waals surface area (Å²) in [5, 5.41) is 14.8. The lowest BCUT2D eigenvalue weighted by Crippen LogP contribution is -2.38. The van der Waals surface area contributed by atoms with Crippen molar-refractivity contribution in [2.24, 2.45) is 0 Å². The van der Waals surface area contributed by atoms with Gasteiger partial charge in [0, 0.05) is 42.5 Å². The van der Waals surface area contributed by atoms with Crippen LogP contribution in [0.1, 0.15) is 35.2 Å². The molecule has 1 amide bonds. The number of hydrogen-bond acceptors (Lipinski definition) is 6. The number of carbonyl (C=O) groups excluding carboxylic acids is 2. The van der Waals surface area contributed by atoms with Gasteiger partial charge in [-0.2, -0.15) is 0 Å². The number of anilines is 1. The second-order valence-electron chi connectivity index (χ2n) is 6.95. The first-order valence-electron chi connectivity index (χ1n) is 9.66. The molecule has 8 nitrogen and oxygen atoms in total. The van der Waals surface area contributed by atoms with Crippen molar-refractivity contribution in [3.05, 3.63) is 68.7 Å². The second-order valence-corrected chi connectivity index (χ2v) is 7.36. The number of piperidine rings is 1. The van der Waals surface area contributed by atoms with Gasteiger partial charge in [-0.3, -0.25) is 14.9 Å². The van der Waals surface area contributed by atoms with Crippen LogP contribution in [0.5, 0.6) is 0 Å². The average Bonchev–Trinajstić information content (AvgIpc) is 2.77. The summed E-state index contributed by atoms with van der Waals surface area (Å²) < 4.78 is 5.18. The van der Waals surface area contributed by atoms with E-state index in [0.29, 0.717) is 30.3 Å². The molecule has 1 aliphatic rings. The summed E-state index contributed by atoms with van der Waals surface area (Å²) in [5.41, 5.74) is 0.906. The fourth-order valence-corrected chi connectivity index (χ4v) is 3.44. The van der Waals surface area contributed by atoms with Crippen LogP contribution in [0, 0.1) is 10.1 Å². The average molecular weight is 432 g/mol. The normalized spacial score (nSPS) is 13.6. The number of non-ortho nitro benzene ring substituents is 1. The Labute approximate surface area is 178 Å². The van der Waals surface area contributed by atoms with Crippen molar-refractivity contribution in [1.82, 2.24) is 4.90 Å². The number of benzene rings is 2. The molecule has 1 saturated heterocycles. The maximum absolute atomic E-state index is 12.6. The molecule has 0 atom stereocenters. The summed E-state index contributed by atoms with van der Waals surface area (Å²) in [6, 6.07) is 11.1. The lowest BCUT2D eigenvalue weighted by molar-refractivity contribution is -0.384. The van der Waals surface area contributed by atoms with Gasteiger partial charge in [-0.05, 0) is 37.0 Å². The topological polar surface area (TPSA) is 102 Å². The van der Waals surface area contributed by atoms with Crippen LogP contribution in [0.2, 0.25) is 5.02 Å². The number of nitrogens with one attached hydrogen (secondary N) is 1. The molecule has 2 aromatic carbocycles. The van der Waals surface area contributed by atoms with E-state index in [9.17, 15) is 19.7 Å². The van der Waals surface area contributed by atoms with Gasteiger partial charge in [-0.15, -0.1) is 0 Å². The van der Waals surface area contributed by atoms with Gasteiger partial charge in [-0.1, -0.05) is 29.8 Å². The highest BCUT2D eigenvalue weighted by molar-refractivity contribution is 6.31. The van der Waals surface area contributed by atoms with Crippen LogP contribution in [-0.2, 0) is 16.1 Å². The maximum Gasteiger partial charge on any atom is 0.341 e.